The molecule has 1 heterocycles. The minimum Gasteiger partial charge on any atom is -0.496 e. The Labute approximate surface area is 194 Å². The van der Waals surface area contributed by atoms with E-state index in [0.29, 0.717) is 4.31 Å². The third kappa shape index (κ3) is 4.83. The highest BCUT2D eigenvalue weighted by atomic mass is 32.2. The number of hydrogen-bond donors (Lipinski definition) is 1. The summed E-state index contributed by atoms with van der Waals surface area (Å²) >= 11 is 0. The van der Waals surface area contributed by atoms with Gasteiger partial charge >= 0.3 is 0 Å². The first-order valence-corrected chi connectivity index (χ1v) is 11.2. The van der Waals surface area contributed by atoms with E-state index in [4.69, 9.17) is 4.74 Å². The monoisotopic (exact) mass is 492 g/mol. The van der Waals surface area contributed by atoms with E-state index in [1.807, 2.05) is 0 Å². The zero-order chi connectivity index (χ0) is 25.2. The number of anilines is 1. The van der Waals surface area contributed by atoms with E-state index in [2.05, 4.69) is 5.32 Å². The van der Waals surface area contributed by atoms with E-state index >= 15 is 0 Å². The number of ether oxygens (including phenoxy) is 1. The van der Waals surface area contributed by atoms with Crippen LogP contribution in [-0.4, -0.2) is 63.8 Å². The van der Waals surface area contributed by atoms with Crippen molar-refractivity contribution in [1.82, 2.24) is 9.62 Å². The van der Waals surface area contributed by atoms with Gasteiger partial charge in [0.25, 0.3) is 21.6 Å². The maximum Gasteiger partial charge on any atom is 0.293 e. The van der Waals surface area contributed by atoms with Crippen LogP contribution in [0.2, 0.25) is 0 Å². The first kappa shape index (κ1) is 24.6. The number of nitrogens with zero attached hydrogens (tertiary/aromatic N) is 3. The van der Waals surface area contributed by atoms with Crippen LogP contribution in [0, 0.1) is 15.9 Å². The number of sulfonamides is 1. The highest BCUT2D eigenvalue weighted by Crippen LogP contribution is 2.31. The fourth-order valence-electron chi connectivity index (χ4n) is 3.32. The molecule has 0 atom stereocenters. The van der Waals surface area contributed by atoms with Crippen molar-refractivity contribution in [3.63, 3.8) is 0 Å². The van der Waals surface area contributed by atoms with Crippen LogP contribution in [0.4, 0.5) is 15.8 Å². The molecule has 0 aromatic heterocycles. The summed E-state index contributed by atoms with van der Waals surface area (Å²) in [6.07, 6.45) is 1.22. The van der Waals surface area contributed by atoms with Crippen LogP contribution in [0.15, 0.2) is 46.9 Å². The molecule has 3 rings (SSSR count). The third-order valence-electron chi connectivity index (χ3n) is 5.00. The number of nitro groups is 1. The van der Waals surface area contributed by atoms with E-state index in [1.165, 1.54) is 30.2 Å². The van der Waals surface area contributed by atoms with Crippen molar-refractivity contribution >= 4 is 39.3 Å². The van der Waals surface area contributed by atoms with Crippen LogP contribution in [0.1, 0.15) is 5.56 Å². The van der Waals surface area contributed by atoms with Crippen LogP contribution in [-0.2, 0) is 19.6 Å². The van der Waals surface area contributed by atoms with Crippen LogP contribution >= 0.6 is 0 Å². The van der Waals surface area contributed by atoms with Crippen LogP contribution in [0.3, 0.4) is 0 Å². The van der Waals surface area contributed by atoms with E-state index in [0.717, 1.165) is 24.3 Å². The predicted molar refractivity (Wildman–Crippen MR) is 120 cm³/mol. The molecule has 1 aliphatic heterocycles. The lowest BCUT2D eigenvalue weighted by Crippen LogP contribution is -2.40. The largest absolute Gasteiger partial charge is 0.496 e. The van der Waals surface area contributed by atoms with Crippen molar-refractivity contribution in [3.8, 4) is 5.75 Å². The van der Waals surface area contributed by atoms with Gasteiger partial charge in [-0.1, -0.05) is 0 Å². The molecule has 0 radical (unpaired) electrons. The SMILES string of the molecule is COc1ccc(F)cc1/C=C1\CNC(=O)CN(S(=O)(=O)c2ccc(N(C)C)c([N+](=O)[O-])c2)C1=O. The molecule has 0 unspecified atom stereocenters. The number of amides is 2. The van der Waals surface area contributed by atoms with Crippen molar-refractivity contribution < 1.29 is 32.1 Å². The van der Waals surface area contributed by atoms with Crippen LogP contribution < -0.4 is 15.0 Å². The summed E-state index contributed by atoms with van der Waals surface area (Å²) in [7, 11) is -0.216. The van der Waals surface area contributed by atoms with Gasteiger partial charge in [-0.3, -0.25) is 19.7 Å². The Bertz CT molecular complexity index is 1310. The molecule has 0 bridgehead atoms. The maximum absolute atomic E-state index is 13.8. The Kier molecular flexibility index (Phi) is 6.86. The van der Waals surface area contributed by atoms with E-state index < -0.39 is 49.7 Å². The van der Waals surface area contributed by atoms with Gasteiger partial charge in [-0.05, 0) is 36.4 Å². The highest BCUT2D eigenvalue weighted by molar-refractivity contribution is 7.89. The van der Waals surface area contributed by atoms with Gasteiger partial charge in [0.2, 0.25) is 5.91 Å². The number of carbonyl (C=O) groups is 2. The van der Waals surface area contributed by atoms with Gasteiger partial charge < -0.3 is 15.0 Å². The first-order valence-electron chi connectivity index (χ1n) is 9.79. The number of nitrogens with one attached hydrogen (secondary N) is 1. The zero-order valence-corrected chi connectivity index (χ0v) is 19.3. The van der Waals surface area contributed by atoms with Gasteiger partial charge in [0.15, 0.2) is 0 Å². The van der Waals surface area contributed by atoms with Crippen molar-refractivity contribution in [2.75, 3.05) is 39.2 Å². The van der Waals surface area contributed by atoms with E-state index in [1.54, 1.807) is 14.1 Å². The molecular formula is C21H21FN4O7S. The second-order valence-electron chi connectivity index (χ2n) is 7.45. The standard InChI is InChI=1S/C21H21FN4O7S/c1-24(2)17-6-5-16(10-18(17)26(29)30)34(31,32)25-12-20(27)23-11-14(21(25)28)8-13-9-15(22)4-7-19(13)33-3/h4-10H,11-12H2,1-3H3,(H,23,27)/b14-8+. The Hall–Kier alpha value is -4.00. The maximum atomic E-state index is 13.8. The Morgan fingerprint density at radius 1 is 1.21 bits per heavy atom. The molecule has 2 aromatic carbocycles. The van der Waals surface area contributed by atoms with Gasteiger partial charge in [0.05, 0.1) is 16.9 Å². The van der Waals surface area contributed by atoms with E-state index in [-0.39, 0.29) is 29.1 Å². The molecular weight excluding hydrogens is 471 g/mol. The lowest BCUT2D eigenvalue weighted by Gasteiger charge is -2.21. The van der Waals surface area contributed by atoms with Gasteiger partial charge in [0.1, 0.15) is 23.8 Å². The Morgan fingerprint density at radius 2 is 1.91 bits per heavy atom. The topological polar surface area (TPSA) is 139 Å². The predicted octanol–water partition coefficient (Wildman–Crippen LogP) is 1.54. The molecule has 34 heavy (non-hydrogen) atoms. The van der Waals surface area contributed by atoms with Crippen LogP contribution in [0.25, 0.3) is 6.08 Å². The van der Waals surface area contributed by atoms with Gasteiger partial charge in [-0.25, -0.2) is 17.1 Å². The molecule has 2 aromatic rings. The summed E-state index contributed by atoms with van der Waals surface area (Å²) in [6, 6.07) is 6.77. The minimum atomic E-state index is -4.66. The van der Waals surface area contributed by atoms with Gasteiger partial charge in [0, 0.05) is 37.8 Å². The molecule has 0 aliphatic carbocycles. The molecule has 1 fully saturated rings. The second-order valence-corrected chi connectivity index (χ2v) is 9.31. The Balaban J connectivity index is 2.10. The third-order valence-corrected chi connectivity index (χ3v) is 6.72. The average molecular weight is 492 g/mol. The first-order chi connectivity index (χ1) is 15.9. The average Bonchev–Trinajstić information content (AvgIpc) is 2.92. The lowest BCUT2D eigenvalue weighted by atomic mass is 10.1. The molecule has 0 spiro atoms. The fourth-order valence-corrected chi connectivity index (χ4v) is 4.69. The number of hydrogen-bond acceptors (Lipinski definition) is 8. The van der Waals surface area contributed by atoms with Crippen molar-refractivity contribution in [1.29, 1.82) is 0 Å². The molecule has 11 nitrogen and oxygen atoms in total. The molecule has 1 N–H and O–H groups in total. The molecule has 1 saturated heterocycles. The summed E-state index contributed by atoms with van der Waals surface area (Å²) in [6.45, 7) is -1.15. The van der Waals surface area contributed by atoms with Crippen LogP contribution in [0.5, 0.6) is 5.75 Å². The smallest absolute Gasteiger partial charge is 0.293 e. The van der Waals surface area contributed by atoms with Gasteiger partial charge in [-0.2, -0.15) is 0 Å². The van der Waals surface area contributed by atoms with Crippen molar-refractivity contribution in [2.45, 2.75) is 4.90 Å². The normalized spacial score (nSPS) is 15.6. The number of benzene rings is 2. The number of nitro benzene ring substituents is 1. The number of rotatable bonds is 6. The lowest BCUT2D eigenvalue weighted by molar-refractivity contribution is -0.384. The van der Waals surface area contributed by atoms with Crippen molar-refractivity contribution in [2.24, 2.45) is 0 Å². The van der Waals surface area contributed by atoms with Crippen molar-refractivity contribution in [3.05, 3.63) is 63.5 Å². The summed E-state index contributed by atoms with van der Waals surface area (Å²) < 4.78 is 45.8. The van der Waals surface area contributed by atoms with Gasteiger partial charge in [-0.15, -0.1) is 0 Å². The quantitative estimate of drug-likeness (QED) is 0.364. The molecule has 1 aliphatic rings. The second kappa shape index (κ2) is 9.47. The summed E-state index contributed by atoms with van der Waals surface area (Å²) in [5.41, 5.74) is -0.330. The number of carbonyl (C=O) groups excluding carboxylic acids is 2. The fraction of sp³-hybridized carbons (Fsp3) is 0.238. The Morgan fingerprint density at radius 3 is 2.53 bits per heavy atom. The molecule has 2 amide bonds. The highest BCUT2D eigenvalue weighted by Gasteiger charge is 2.36. The number of methoxy groups -OCH3 is 1. The molecule has 13 heteroatoms. The summed E-state index contributed by atoms with van der Waals surface area (Å²) in [5, 5.41) is 13.9. The summed E-state index contributed by atoms with van der Waals surface area (Å²) in [5.74, 6) is -2.19. The number of halogens is 1. The van der Waals surface area contributed by atoms with E-state index in [9.17, 15) is 32.5 Å². The minimum absolute atomic E-state index is 0.155. The summed E-state index contributed by atoms with van der Waals surface area (Å²) in [4.78, 5) is 37.1. The molecule has 180 valence electrons. The zero-order valence-electron chi connectivity index (χ0n) is 18.4. The molecule has 0 saturated carbocycles.